The van der Waals surface area contributed by atoms with Crippen molar-refractivity contribution in [2.45, 2.75) is 58.9 Å². The number of nitrogens with zero attached hydrogens (tertiary/aromatic N) is 3. The van der Waals surface area contributed by atoms with Crippen LogP contribution in [-0.4, -0.2) is 32.4 Å². The van der Waals surface area contributed by atoms with Crippen molar-refractivity contribution in [1.82, 2.24) is 9.38 Å². The number of fused-ring (bicyclic) bond motifs is 5. The lowest BCUT2D eigenvalue weighted by atomic mass is 9.82. The monoisotopic (exact) mass is 513 g/mol. The Morgan fingerprint density at radius 1 is 1.11 bits per heavy atom. The number of pyridine rings is 1. The van der Waals surface area contributed by atoms with E-state index >= 15 is 0 Å². The molecule has 0 radical (unpaired) electrons. The lowest BCUT2D eigenvalue weighted by Crippen LogP contribution is -2.42. The number of aromatic carboxylic acids is 1. The van der Waals surface area contributed by atoms with Gasteiger partial charge in [-0.3, -0.25) is 4.79 Å². The van der Waals surface area contributed by atoms with Crippen molar-refractivity contribution in [2.24, 2.45) is 11.8 Å². The summed E-state index contributed by atoms with van der Waals surface area (Å²) in [5, 5.41) is 10.1. The number of anilines is 1. The number of hydrogen-bond donors (Lipinski definition) is 1. The standard InChI is InChI=1S/C30H31N3O3S/c1-17(2)33(29(34)19-9-7-18(3)8-10-19)24-16-25(37-28(24)30(35)36)20-11-12-22-21(14-20)15-23-27(22)31-26-6-4-5-13-32(23)26/h4-6,11-14,16-19H,7-10,15H2,1-3H3,(H,35,36). The van der Waals surface area contributed by atoms with Crippen LogP contribution in [0.25, 0.3) is 27.3 Å². The molecule has 0 aliphatic heterocycles. The van der Waals surface area contributed by atoms with Crippen LogP contribution in [0.5, 0.6) is 0 Å². The maximum absolute atomic E-state index is 13.7. The molecule has 0 bridgehead atoms. The summed E-state index contributed by atoms with van der Waals surface area (Å²) in [6.07, 6.45) is 6.67. The number of benzene rings is 1. The molecule has 0 atom stereocenters. The Morgan fingerprint density at radius 3 is 2.62 bits per heavy atom. The van der Waals surface area contributed by atoms with Gasteiger partial charge in [0.15, 0.2) is 0 Å². The first-order valence-corrected chi connectivity index (χ1v) is 13.9. The average molecular weight is 514 g/mol. The zero-order valence-corrected chi connectivity index (χ0v) is 22.2. The van der Waals surface area contributed by atoms with Crippen LogP contribution in [0.4, 0.5) is 5.69 Å². The summed E-state index contributed by atoms with van der Waals surface area (Å²) in [5.74, 6) is -0.327. The van der Waals surface area contributed by atoms with Gasteiger partial charge in [0.25, 0.3) is 0 Å². The third-order valence-electron chi connectivity index (χ3n) is 7.92. The van der Waals surface area contributed by atoms with Gasteiger partial charge in [-0.25, -0.2) is 9.78 Å². The summed E-state index contributed by atoms with van der Waals surface area (Å²) in [5.41, 5.74) is 6.95. The second-order valence-corrected chi connectivity index (χ2v) is 11.8. The molecule has 6 nitrogen and oxygen atoms in total. The fraction of sp³-hybridized carbons (Fsp3) is 0.367. The van der Waals surface area contributed by atoms with Crippen molar-refractivity contribution in [3.8, 4) is 21.7 Å². The lowest BCUT2D eigenvalue weighted by molar-refractivity contribution is -0.123. The van der Waals surface area contributed by atoms with Gasteiger partial charge in [0.1, 0.15) is 10.5 Å². The molecule has 0 spiro atoms. The van der Waals surface area contributed by atoms with E-state index in [-0.39, 0.29) is 22.7 Å². The van der Waals surface area contributed by atoms with Crippen molar-refractivity contribution >= 4 is 34.5 Å². The molecule has 3 aromatic heterocycles. The molecule has 2 aliphatic carbocycles. The SMILES string of the molecule is CC1CCC(C(=O)N(c2cc(-c3ccc4c(c3)Cc3c-4nc4ccccn34)sc2C(=O)O)C(C)C)CC1. The molecule has 7 heteroatoms. The fourth-order valence-electron chi connectivity index (χ4n) is 5.95. The van der Waals surface area contributed by atoms with Gasteiger partial charge in [-0.2, -0.15) is 0 Å². The Bertz CT molecular complexity index is 1520. The molecule has 1 saturated carbocycles. The van der Waals surface area contributed by atoms with E-state index < -0.39 is 5.97 Å². The quantitative estimate of drug-likeness (QED) is 0.277. The van der Waals surface area contributed by atoms with Gasteiger partial charge < -0.3 is 14.4 Å². The summed E-state index contributed by atoms with van der Waals surface area (Å²) in [6, 6.07) is 14.1. The fourth-order valence-corrected chi connectivity index (χ4v) is 6.93. The van der Waals surface area contributed by atoms with Crippen LogP contribution in [0.1, 0.15) is 67.4 Å². The molecule has 1 aromatic carbocycles. The summed E-state index contributed by atoms with van der Waals surface area (Å²) in [6.45, 7) is 6.17. The van der Waals surface area contributed by atoms with E-state index in [0.717, 1.165) is 59.4 Å². The first-order chi connectivity index (χ1) is 17.8. The normalized spacial score (nSPS) is 18.7. The Kier molecular flexibility index (Phi) is 5.91. The predicted octanol–water partition coefficient (Wildman–Crippen LogP) is 6.90. The lowest BCUT2D eigenvalue weighted by Gasteiger charge is -2.33. The van der Waals surface area contributed by atoms with E-state index in [1.807, 2.05) is 50.4 Å². The van der Waals surface area contributed by atoms with Crippen LogP contribution < -0.4 is 4.90 Å². The van der Waals surface area contributed by atoms with E-state index in [9.17, 15) is 14.7 Å². The summed E-state index contributed by atoms with van der Waals surface area (Å²) >= 11 is 1.25. The van der Waals surface area contributed by atoms with Gasteiger partial charge in [-0.05, 0) is 80.8 Å². The van der Waals surface area contributed by atoms with Crippen molar-refractivity contribution in [3.05, 3.63) is 64.8 Å². The zero-order chi connectivity index (χ0) is 25.8. The number of aromatic nitrogens is 2. The average Bonchev–Trinajstić information content (AvgIpc) is 3.56. The minimum absolute atomic E-state index is 0.0406. The third kappa shape index (κ3) is 4.06. The number of carbonyl (C=O) groups excluding carboxylic acids is 1. The summed E-state index contributed by atoms with van der Waals surface area (Å²) in [4.78, 5) is 33.6. The highest BCUT2D eigenvalue weighted by molar-refractivity contribution is 7.18. The first-order valence-electron chi connectivity index (χ1n) is 13.1. The number of hydrogen-bond acceptors (Lipinski definition) is 4. The molecule has 0 unspecified atom stereocenters. The summed E-state index contributed by atoms with van der Waals surface area (Å²) in [7, 11) is 0. The number of carbonyl (C=O) groups is 2. The van der Waals surface area contributed by atoms with Gasteiger partial charge in [0.05, 0.1) is 17.1 Å². The molecule has 1 fully saturated rings. The highest BCUT2D eigenvalue weighted by Crippen LogP contribution is 2.43. The van der Waals surface area contributed by atoms with Crippen LogP contribution >= 0.6 is 11.3 Å². The maximum atomic E-state index is 13.7. The van der Waals surface area contributed by atoms with Gasteiger partial charge >= 0.3 is 5.97 Å². The van der Waals surface area contributed by atoms with Gasteiger partial charge in [-0.1, -0.05) is 25.1 Å². The molecule has 4 aromatic rings. The van der Waals surface area contributed by atoms with Crippen molar-refractivity contribution in [2.75, 3.05) is 4.90 Å². The highest BCUT2D eigenvalue weighted by Gasteiger charge is 2.34. The number of rotatable bonds is 5. The van der Waals surface area contributed by atoms with E-state index in [2.05, 4.69) is 23.5 Å². The topological polar surface area (TPSA) is 74.9 Å². The summed E-state index contributed by atoms with van der Waals surface area (Å²) < 4.78 is 2.14. The molecule has 1 amide bonds. The number of imidazole rings is 1. The Balaban J connectivity index is 1.36. The first kappa shape index (κ1) is 23.9. The van der Waals surface area contributed by atoms with Crippen LogP contribution in [0, 0.1) is 11.8 Å². The van der Waals surface area contributed by atoms with Crippen LogP contribution in [0.3, 0.4) is 0 Å². The smallest absolute Gasteiger partial charge is 0.348 e. The Hall–Kier alpha value is -3.45. The molecule has 190 valence electrons. The predicted molar refractivity (Wildman–Crippen MR) is 147 cm³/mol. The molecule has 3 heterocycles. The molecule has 1 N–H and O–H groups in total. The second kappa shape index (κ2) is 9.14. The largest absolute Gasteiger partial charge is 0.477 e. The Labute approximate surface area is 220 Å². The van der Waals surface area contributed by atoms with Gasteiger partial charge in [0, 0.05) is 35.0 Å². The van der Waals surface area contributed by atoms with Crippen LogP contribution in [0.15, 0.2) is 48.7 Å². The van der Waals surface area contributed by atoms with Crippen molar-refractivity contribution in [3.63, 3.8) is 0 Å². The van der Waals surface area contributed by atoms with E-state index in [1.165, 1.54) is 22.6 Å². The molecule has 37 heavy (non-hydrogen) atoms. The van der Waals surface area contributed by atoms with E-state index in [4.69, 9.17) is 4.98 Å². The molecular weight excluding hydrogens is 482 g/mol. The number of carboxylic acids is 1. The highest BCUT2D eigenvalue weighted by atomic mass is 32.1. The van der Waals surface area contributed by atoms with Crippen molar-refractivity contribution in [1.29, 1.82) is 0 Å². The Morgan fingerprint density at radius 2 is 1.89 bits per heavy atom. The van der Waals surface area contributed by atoms with E-state index in [0.29, 0.717) is 11.6 Å². The van der Waals surface area contributed by atoms with Gasteiger partial charge in [-0.15, -0.1) is 11.3 Å². The minimum Gasteiger partial charge on any atom is -0.477 e. The number of carboxylic acid groups (broad SMARTS) is 1. The van der Waals surface area contributed by atoms with Crippen LogP contribution in [0.2, 0.25) is 0 Å². The molecule has 2 aliphatic rings. The van der Waals surface area contributed by atoms with Crippen molar-refractivity contribution < 1.29 is 14.7 Å². The maximum Gasteiger partial charge on any atom is 0.348 e. The number of amides is 1. The zero-order valence-electron chi connectivity index (χ0n) is 21.4. The molecule has 6 rings (SSSR count). The minimum atomic E-state index is -0.990. The van der Waals surface area contributed by atoms with Gasteiger partial charge in [0.2, 0.25) is 5.91 Å². The molecule has 0 saturated heterocycles. The van der Waals surface area contributed by atoms with E-state index in [1.54, 1.807) is 4.90 Å². The van der Waals surface area contributed by atoms with Crippen LogP contribution in [-0.2, 0) is 11.2 Å². The molecular formula is C30H31N3O3S. The number of thiophene rings is 1. The second-order valence-electron chi connectivity index (χ2n) is 10.8. The third-order valence-corrected chi connectivity index (χ3v) is 9.08.